The Kier molecular flexibility index (Phi) is 5.45. The van der Waals surface area contributed by atoms with Crippen LogP contribution in [0.1, 0.15) is 10.7 Å². The number of rotatable bonds is 5. The summed E-state index contributed by atoms with van der Waals surface area (Å²) in [5.74, 6) is 1.45. The molecule has 4 rings (SSSR count). The summed E-state index contributed by atoms with van der Waals surface area (Å²) in [6.45, 7) is 4.98. The van der Waals surface area contributed by atoms with E-state index in [1.165, 1.54) is 11.8 Å². The summed E-state index contributed by atoms with van der Waals surface area (Å²) in [7, 11) is 0. The van der Waals surface area contributed by atoms with Crippen LogP contribution in [-0.4, -0.2) is 40.1 Å². The molecule has 0 fully saturated rings. The third-order valence-corrected chi connectivity index (χ3v) is 5.97. The van der Waals surface area contributed by atoms with Crippen LogP contribution in [0.4, 0.5) is 5.69 Å². The number of amides is 1. The van der Waals surface area contributed by atoms with Gasteiger partial charge in [0.2, 0.25) is 5.91 Å². The zero-order valence-corrected chi connectivity index (χ0v) is 17.0. The molecule has 1 N–H and O–H groups in total. The van der Waals surface area contributed by atoms with E-state index in [9.17, 15) is 4.79 Å². The van der Waals surface area contributed by atoms with Crippen molar-refractivity contribution in [2.75, 3.05) is 24.3 Å². The lowest BCUT2D eigenvalue weighted by Gasteiger charge is -2.18. The zero-order chi connectivity index (χ0) is 19.5. The molecule has 3 heterocycles. The number of hydrogen-bond donors (Lipinski definition) is 1. The number of thiazole rings is 1. The highest BCUT2D eigenvalue weighted by molar-refractivity contribution is 7.99. The topological polar surface area (TPSA) is 86.2 Å². The summed E-state index contributed by atoms with van der Waals surface area (Å²) in [4.78, 5) is 17.7. The average Bonchev–Trinajstić information content (AvgIpc) is 3.05. The maximum Gasteiger partial charge on any atom is 0.234 e. The van der Waals surface area contributed by atoms with Crippen LogP contribution < -0.4 is 14.8 Å². The van der Waals surface area contributed by atoms with Crippen LogP contribution >= 0.6 is 23.1 Å². The second-order valence-corrected chi connectivity index (χ2v) is 8.30. The zero-order valence-electron chi connectivity index (χ0n) is 15.4. The highest BCUT2D eigenvalue weighted by Crippen LogP contribution is 2.33. The van der Waals surface area contributed by atoms with Crippen molar-refractivity contribution in [3.8, 4) is 22.1 Å². The van der Waals surface area contributed by atoms with Gasteiger partial charge in [0.15, 0.2) is 11.5 Å². The summed E-state index contributed by atoms with van der Waals surface area (Å²) < 4.78 is 11.0. The van der Waals surface area contributed by atoms with Crippen molar-refractivity contribution in [2.24, 2.45) is 0 Å². The van der Waals surface area contributed by atoms with E-state index in [-0.39, 0.29) is 11.7 Å². The first-order valence-electron chi connectivity index (χ1n) is 8.69. The number of carbonyl (C=O) groups is 1. The van der Waals surface area contributed by atoms with Crippen molar-refractivity contribution in [1.82, 2.24) is 15.2 Å². The fraction of sp³-hybridized carbons (Fsp3) is 0.263. The lowest BCUT2D eigenvalue weighted by Crippen LogP contribution is -2.17. The molecular weight excluding hydrogens is 396 g/mol. The van der Waals surface area contributed by atoms with Crippen LogP contribution in [0.3, 0.4) is 0 Å². The SMILES string of the molecule is Cc1nc(C)c(-c2ccc(SCC(=O)Nc3ccc4c(c3)OCCO4)nn2)s1. The van der Waals surface area contributed by atoms with Gasteiger partial charge in [0.1, 0.15) is 23.9 Å². The Hall–Kier alpha value is -2.65. The van der Waals surface area contributed by atoms with Gasteiger partial charge in [-0.2, -0.15) is 0 Å². The van der Waals surface area contributed by atoms with Gasteiger partial charge in [-0.3, -0.25) is 4.79 Å². The fourth-order valence-electron chi connectivity index (χ4n) is 2.74. The van der Waals surface area contributed by atoms with Crippen molar-refractivity contribution in [2.45, 2.75) is 18.9 Å². The van der Waals surface area contributed by atoms with E-state index in [2.05, 4.69) is 20.5 Å². The minimum atomic E-state index is -0.124. The number of benzene rings is 1. The summed E-state index contributed by atoms with van der Waals surface area (Å²) >= 11 is 2.93. The van der Waals surface area contributed by atoms with Gasteiger partial charge in [-0.05, 0) is 38.1 Å². The normalized spacial score (nSPS) is 12.6. The number of fused-ring (bicyclic) bond motifs is 1. The highest BCUT2D eigenvalue weighted by atomic mass is 32.2. The van der Waals surface area contributed by atoms with E-state index in [4.69, 9.17) is 9.47 Å². The van der Waals surface area contributed by atoms with Gasteiger partial charge in [0, 0.05) is 11.8 Å². The van der Waals surface area contributed by atoms with Crippen molar-refractivity contribution in [3.05, 3.63) is 41.0 Å². The molecule has 7 nitrogen and oxygen atoms in total. The van der Waals surface area contributed by atoms with E-state index in [0.717, 1.165) is 21.3 Å². The number of nitrogens with one attached hydrogen (secondary N) is 1. The number of carbonyl (C=O) groups excluding carboxylic acids is 1. The molecule has 0 unspecified atom stereocenters. The molecule has 0 atom stereocenters. The molecule has 1 aliphatic rings. The van der Waals surface area contributed by atoms with Gasteiger partial charge in [-0.25, -0.2) is 4.98 Å². The monoisotopic (exact) mass is 414 g/mol. The number of thioether (sulfide) groups is 1. The quantitative estimate of drug-likeness (QED) is 0.637. The van der Waals surface area contributed by atoms with Crippen molar-refractivity contribution >= 4 is 34.7 Å². The number of hydrogen-bond acceptors (Lipinski definition) is 8. The first-order chi connectivity index (χ1) is 13.6. The number of nitrogens with zero attached hydrogens (tertiary/aromatic N) is 3. The minimum absolute atomic E-state index is 0.124. The van der Waals surface area contributed by atoms with E-state index in [1.807, 2.05) is 26.0 Å². The van der Waals surface area contributed by atoms with Gasteiger partial charge in [0.25, 0.3) is 0 Å². The van der Waals surface area contributed by atoms with Crippen molar-refractivity contribution in [3.63, 3.8) is 0 Å². The molecule has 144 valence electrons. The second kappa shape index (κ2) is 8.15. The van der Waals surface area contributed by atoms with Crippen LogP contribution in [0.15, 0.2) is 35.4 Å². The summed E-state index contributed by atoms with van der Waals surface area (Å²) in [6, 6.07) is 9.15. The average molecular weight is 415 g/mol. The largest absolute Gasteiger partial charge is 0.486 e. The number of ether oxygens (including phenoxy) is 2. The number of anilines is 1. The third kappa shape index (κ3) is 4.26. The van der Waals surface area contributed by atoms with Gasteiger partial charge in [-0.15, -0.1) is 21.5 Å². The number of aryl methyl sites for hydroxylation is 2. The van der Waals surface area contributed by atoms with Crippen LogP contribution in [0.2, 0.25) is 0 Å². The van der Waals surface area contributed by atoms with E-state index < -0.39 is 0 Å². The molecule has 0 aliphatic carbocycles. The molecule has 1 amide bonds. The molecule has 9 heteroatoms. The Morgan fingerprint density at radius 2 is 1.96 bits per heavy atom. The van der Waals surface area contributed by atoms with Gasteiger partial charge in [0.05, 0.1) is 21.3 Å². The summed E-state index contributed by atoms with van der Waals surface area (Å²) in [5, 5.41) is 13.0. The predicted octanol–water partition coefficient (Wildman–Crippen LogP) is 3.72. The molecule has 0 radical (unpaired) electrons. The van der Waals surface area contributed by atoms with E-state index >= 15 is 0 Å². The van der Waals surface area contributed by atoms with Crippen LogP contribution in [-0.2, 0) is 4.79 Å². The summed E-state index contributed by atoms with van der Waals surface area (Å²) in [5.41, 5.74) is 2.43. The van der Waals surface area contributed by atoms with Crippen LogP contribution in [0.5, 0.6) is 11.5 Å². The lowest BCUT2D eigenvalue weighted by molar-refractivity contribution is -0.113. The minimum Gasteiger partial charge on any atom is -0.486 e. The Morgan fingerprint density at radius 1 is 1.14 bits per heavy atom. The van der Waals surface area contributed by atoms with Crippen LogP contribution in [0.25, 0.3) is 10.6 Å². The highest BCUT2D eigenvalue weighted by Gasteiger charge is 2.14. The Bertz CT molecular complexity index is 1000. The molecule has 0 spiro atoms. The first-order valence-corrected chi connectivity index (χ1v) is 10.5. The van der Waals surface area contributed by atoms with Gasteiger partial charge in [-0.1, -0.05) is 11.8 Å². The predicted molar refractivity (Wildman–Crippen MR) is 109 cm³/mol. The Labute approximate surface area is 170 Å². The fourth-order valence-corrected chi connectivity index (χ4v) is 4.24. The molecule has 3 aromatic rings. The number of aromatic nitrogens is 3. The molecule has 2 aromatic heterocycles. The Balaban J connectivity index is 1.34. The molecule has 1 aromatic carbocycles. The smallest absolute Gasteiger partial charge is 0.234 e. The molecule has 0 bridgehead atoms. The van der Waals surface area contributed by atoms with Crippen molar-refractivity contribution < 1.29 is 14.3 Å². The Morgan fingerprint density at radius 3 is 2.68 bits per heavy atom. The van der Waals surface area contributed by atoms with E-state index in [1.54, 1.807) is 29.5 Å². The maximum absolute atomic E-state index is 12.2. The van der Waals surface area contributed by atoms with E-state index in [0.29, 0.717) is 35.4 Å². The van der Waals surface area contributed by atoms with Gasteiger partial charge < -0.3 is 14.8 Å². The second-order valence-electron chi connectivity index (χ2n) is 6.10. The summed E-state index contributed by atoms with van der Waals surface area (Å²) in [6.07, 6.45) is 0. The molecule has 0 saturated carbocycles. The maximum atomic E-state index is 12.2. The standard InChI is InChI=1S/C19H18N4O3S2/c1-11-19(28-12(2)20-11)14-4-6-18(23-22-14)27-10-17(24)21-13-3-5-15-16(9-13)26-8-7-25-15/h3-6,9H,7-8,10H2,1-2H3,(H,21,24). The molecule has 1 aliphatic heterocycles. The molecular formula is C19H18N4O3S2. The molecule has 28 heavy (non-hydrogen) atoms. The van der Waals surface area contributed by atoms with Crippen molar-refractivity contribution in [1.29, 1.82) is 0 Å². The van der Waals surface area contributed by atoms with Gasteiger partial charge >= 0.3 is 0 Å². The van der Waals surface area contributed by atoms with Crippen LogP contribution in [0, 0.1) is 13.8 Å². The first kappa shape index (κ1) is 18.7. The molecule has 0 saturated heterocycles. The third-order valence-electron chi connectivity index (χ3n) is 3.95. The lowest BCUT2D eigenvalue weighted by atomic mass is 10.2.